The van der Waals surface area contributed by atoms with E-state index in [1.54, 1.807) is 56.5 Å². The third-order valence-electron chi connectivity index (χ3n) is 5.68. The molecule has 9 nitrogen and oxygen atoms in total. The van der Waals surface area contributed by atoms with Gasteiger partial charge in [-0.3, -0.25) is 13.9 Å². The van der Waals surface area contributed by atoms with E-state index in [2.05, 4.69) is 5.32 Å². The van der Waals surface area contributed by atoms with Crippen LogP contribution in [0.3, 0.4) is 0 Å². The van der Waals surface area contributed by atoms with Gasteiger partial charge in [-0.1, -0.05) is 25.1 Å². The Morgan fingerprint density at radius 2 is 1.60 bits per heavy atom. The Labute approximate surface area is 208 Å². The van der Waals surface area contributed by atoms with Crippen LogP contribution in [0.5, 0.6) is 11.5 Å². The lowest BCUT2D eigenvalue weighted by atomic mass is 10.1. The van der Waals surface area contributed by atoms with Crippen molar-refractivity contribution in [2.24, 2.45) is 0 Å². The summed E-state index contributed by atoms with van der Waals surface area (Å²) in [5.74, 6) is 0.231. The number of carbonyl (C=O) groups excluding carboxylic acids is 2. The first-order chi connectivity index (χ1) is 16.5. The van der Waals surface area contributed by atoms with Gasteiger partial charge in [0.15, 0.2) is 0 Å². The summed E-state index contributed by atoms with van der Waals surface area (Å²) in [6.45, 7) is 5.09. The predicted molar refractivity (Wildman–Crippen MR) is 136 cm³/mol. The minimum atomic E-state index is -3.81. The van der Waals surface area contributed by atoms with E-state index in [0.29, 0.717) is 17.2 Å². The number of rotatable bonds is 12. The van der Waals surface area contributed by atoms with E-state index >= 15 is 0 Å². The normalized spacial score (nSPS) is 12.9. The average Bonchev–Trinajstić information content (AvgIpc) is 2.84. The van der Waals surface area contributed by atoms with Crippen LogP contribution in [0, 0.1) is 0 Å². The zero-order chi connectivity index (χ0) is 26.2. The molecule has 0 saturated carbocycles. The fourth-order valence-corrected chi connectivity index (χ4v) is 4.24. The van der Waals surface area contributed by atoms with Crippen molar-refractivity contribution in [2.45, 2.75) is 45.8 Å². The molecule has 10 heteroatoms. The number of benzene rings is 2. The number of methoxy groups -OCH3 is 2. The second kappa shape index (κ2) is 12.4. The minimum Gasteiger partial charge on any atom is -0.497 e. The highest BCUT2D eigenvalue weighted by Gasteiger charge is 2.30. The molecule has 2 aromatic carbocycles. The maximum absolute atomic E-state index is 13.6. The molecule has 192 valence electrons. The van der Waals surface area contributed by atoms with Gasteiger partial charge in [-0.25, -0.2) is 8.42 Å². The fraction of sp³-hybridized carbons (Fsp3) is 0.440. The van der Waals surface area contributed by atoms with Crippen LogP contribution in [-0.2, 0) is 26.2 Å². The molecular weight excluding hydrogens is 470 g/mol. The number of anilines is 1. The molecule has 35 heavy (non-hydrogen) atoms. The summed E-state index contributed by atoms with van der Waals surface area (Å²) in [7, 11) is -0.796. The van der Waals surface area contributed by atoms with Crippen LogP contribution in [0.1, 0.15) is 32.8 Å². The van der Waals surface area contributed by atoms with E-state index in [9.17, 15) is 18.0 Å². The quantitative estimate of drug-likeness (QED) is 0.476. The van der Waals surface area contributed by atoms with Gasteiger partial charge in [0.25, 0.3) is 0 Å². The average molecular weight is 506 g/mol. The highest BCUT2D eigenvalue weighted by atomic mass is 32.2. The number of ether oxygens (including phenoxy) is 2. The van der Waals surface area contributed by atoms with Crippen molar-refractivity contribution >= 4 is 27.5 Å². The summed E-state index contributed by atoms with van der Waals surface area (Å²) >= 11 is 0. The molecule has 0 fully saturated rings. The third-order valence-corrected chi connectivity index (χ3v) is 6.82. The highest BCUT2D eigenvalue weighted by molar-refractivity contribution is 7.92. The number of amides is 2. The maximum atomic E-state index is 13.6. The Hall–Kier alpha value is -3.27. The van der Waals surface area contributed by atoms with E-state index in [1.165, 1.54) is 12.0 Å². The SMILES string of the molecule is CC[C@H](C)NC(=O)[C@H](C)N(Cc1cccc(OC)c1)C(=O)CN(c1cccc(OC)c1)S(C)(=O)=O. The van der Waals surface area contributed by atoms with E-state index in [4.69, 9.17) is 9.47 Å². The van der Waals surface area contributed by atoms with E-state index in [-0.39, 0.29) is 18.5 Å². The number of nitrogens with one attached hydrogen (secondary N) is 1. The molecule has 0 aliphatic rings. The summed E-state index contributed by atoms with van der Waals surface area (Å²) in [6, 6.07) is 12.7. The van der Waals surface area contributed by atoms with Crippen molar-refractivity contribution in [3.63, 3.8) is 0 Å². The summed E-state index contributed by atoms with van der Waals surface area (Å²) in [5.41, 5.74) is 1.03. The fourth-order valence-electron chi connectivity index (χ4n) is 3.39. The zero-order valence-electron chi connectivity index (χ0n) is 21.1. The predicted octanol–water partition coefficient (Wildman–Crippen LogP) is 2.80. The molecule has 0 saturated heterocycles. The topological polar surface area (TPSA) is 105 Å². The van der Waals surface area contributed by atoms with Gasteiger partial charge in [0.1, 0.15) is 24.1 Å². The number of carbonyl (C=O) groups is 2. The van der Waals surface area contributed by atoms with E-state index < -0.39 is 28.5 Å². The van der Waals surface area contributed by atoms with Crippen LogP contribution in [0.2, 0.25) is 0 Å². The Morgan fingerprint density at radius 1 is 1.00 bits per heavy atom. The molecule has 0 unspecified atom stereocenters. The van der Waals surface area contributed by atoms with Gasteiger partial charge < -0.3 is 19.7 Å². The second-order valence-corrected chi connectivity index (χ2v) is 10.2. The first-order valence-electron chi connectivity index (χ1n) is 11.3. The molecule has 0 aromatic heterocycles. The van der Waals surface area contributed by atoms with Crippen LogP contribution in [-0.4, -0.2) is 64.2 Å². The standard InChI is InChI=1S/C25H35N3O6S/c1-7-18(2)26-25(30)19(3)27(16-20-10-8-12-22(14-20)33-4)24(29)17-28(35(6,31)32)21-11-9-13-23(15-21)34-5/h8-15,18-19H,7,16-17H2,1-6H3,(H,26,30)/t18-,19-/m0/s1. The van der Waals surface area contributed by atoms with E-state index in [1.807, 2.05) is 19.9 Å². The van der Waals surface area contributed by atoms with Crippen molar-refractivity contribution in [1.82, 2.24) is 10.2 Å². The van der Waals surface area contributed by atoms with Crippen LogP contribution >= 0.6 is 0 Å². The van der Waals surface area contributed by atoms with Gasteiger partial charge in [0.2, 0.25) is 21.8 Å². The summed E-state index contributed by atoms with van der Waals surface area (Å²) in [4.78, 5) is 27.9. The zero-order valence-corrected chi connectivity index (χ0v) is 22.0. The van der Waals surface area contributed by atoms with Gasteiger partial charge in [-0.05, 0) is 50.1 Å². The number of nitrogens with zero attached hydrogens (tertiary/aromatic N) is 2. The molecule has 2 amide bonds. The lowest BCUT2D eigenvalue weighted by Crippen LogP contribution is -2.52. The number of hydrogen-bond acceptors (Lipinski definition) is 6. The van der Waals surface area contributed by atoms with Crippen molar-refractivity contribution in [3.8, 4) is 11.5 Å². The molecular formula is C25H35N3O6S. The molecule has 0 heterocycles. The minimum absolute atomic E-state index is 0.0666. The maximum Gasteiger partial charge on any atom is 0.244 e. The smallest absolute Gasteiger partial charge is 0.244 e. The van der Waals surface area contributed by atoms with Crippen LogP contribution < -0.4 is 19.1 Å². The summed E-state index contributed by atoms with van der Waals surface area (Å²) < 4.78 is 36.8. The summed E-state index contributed by atoms with van der Waals surface area (Å²) in [5, 5.41) is 2.90. The lowest BCUT2D eigenvalue weighted by molar-refractivity contribution is -0.139. The molecule has 2 rings (SSSR count). The number of hydrogen-bond donors (Lipinski definition) is 1. The van der Waals surface area contributed by atoms with Crippen molar-refractivity contribution in [2.75, 3.05) is 31.3 Å². The molecule has 0 bridgehead atoms. The first kappa shape index (κ1) is 28.0. The molecule has 0 spiro atoms. The van der Waals surface area contributed by atoms with Gasteiger partial charge >= 0.3 is 0 Å². The van der Waals surface area contributed by atoms with Gasteiger partial charge in [-0.15, -0.1) is 0 Å². The van der Waals surface area contributed by atoms with E-state index in [0.717, 1.165) is 22.5 Å². The van der Waals surface area contributed by atoms with Gasteiger partial charge in [0.05, 0.1) is 26.2 Å². The summed E-state index contributed by atoms with van der Waals surface area (Å²) in [6.07, 6.45) is 1.77. The molecule has 0 radical (unpaired) electrons. The third kappa shape index (κ3) is 7.88. The molecule has 2 atom stereocenters. The Kier molecular flexibility index (Phi) is 9.94. The Bertz CT molecular complexity index is 1120. The number of sulfonamides is 1. The van der Waals surface area contributed by atoms with Crippen LogP contribution in [0.25, 0.3) is 0 Å². The molecule has 0 aliphatic carbocycles. The van der Waals surface area contributed by atoms with Crippen molar-refractivity contribution in [3.05, 3.63) is 54.1 Å². The van der Waals surface area contributed by atoms with Crippen LogP contribution in [0.4, 0.5) is 5.69 Å². The molecule has 1 N–H and O–H groups in total. The molecule has 2 aromatic rings. The van der Waals surface area contributed by atoms with Crippen molar-refractivity contribution < 1.29 is 27.5 Å². The second-order valence-electron chi connectivity index (χ2n) is 8.34. The van der Waals surface area contributed by atoms with Gasteiger partial charge in [0, 0.05) is 18.7 Å². The lowest BCUT2D eigenvalue weighted by Gasteiger charge is -2.32. The Morgan fingerprint density at radius 3 is 2.17 bits per heavy atom. The largest absolute Gasteiger partial charge is 0.497 e. The highest BCUT2D eigenvalue weighted by Crippen LogP contribution is 2.24. The van der Waals surface area contributed by atoms with Crippen molar-refractivity contribution in [1.29, 1.82) is 0 Å². The van der Waals surface area contributed by atoms with Gasteiger partial charge in [-0.2, -0.15) is 0 Å². The monoisotopic (exact) mass is 505 g/mol. The Balaban J connectivity index is 2.41. The molecule has 0 aliphatic heterocycles. The van der Waals surface area contributed by atoms with Crippen LogP contribution in [0.15, 0.2) is 48.5 Å². The first-order valence-corrected chi connectivity index (χ1v) is 13.2.